The normalized spacial score (nSPS) is 11.5. The third-order valence-corrected chi connectivity index (χ3v) is 3.82. The highest BCUT2D eigenvalue weighted by molar-refractivity contribution is 5.38. The zero-order valence-corrected chi connectivity index (χ0v) is 13.8. The zero-order valence-electron chi connectivity index (χ0n) is 13.8. The van der Waals surface area contributed by atoms with Gasteiger partial charge in [-0.15, -0.1) is 0 Å². The van der Waals surface area contributed by atoms with Gasteiger partial charge in [-0.2, -0.15) is 5.26 Å². The fourth-order valence-corrected chi connectivity index (χ4v) is 2.59. The summed E-state index contributed by atoms with van der Waals surface area (Å²) in [6.07, 6.45) is 2.69. The number of nitriles is 1. The zero-order chi connectivity index (χ0) is 16.5. The summed E-state index contributed by atoms with van der Waals surface area (Å²) in [5, 5.41) is 9.43. The summed E-state index contributed by atoms with van der Waals surface area (Å²) >= 11 is 0. The fourth-order valence-electron chi connectivity index (χ4n) is 2.59. The minimum absolute atomic E-state index is 0.134. The van der Waals surface area contributed by atoms with Crippen molar-refractivity contribution >= 4 is 0 Å². The average Bonchev–Trinajstić information content (AvgIpc) is 2.58. The molecule has 0 saturated heterocycles. The van der Waals surface area contributed by atoms with Crippen LogP contribution in [0.3, 0.4) is 0 Å². The first kappa shape index (κ1) is 16.9. The molecule has 120 valence electrons. The predicted molar refractivity (Wildman–Crippen MR) is 91.9 cm³/mol. The van der Waals surface area contributed by atoms with Gasteiger partial charge in [-0.25, -0.2) is 0 Å². The summed E-state index contributed by atoms with van der Waals surface area (Å²) in [7, 11) is 1.64. The molecule has 0 heterocycles. The van der Waals surface area contributed by atoms with Gasteiger partial charge < -0.3 is 9.47 Å². The van der Waals surface area contributed by atoms with Crippen LogP contribution in [0.25, 0.3) is 0 Å². The summed E-state index contributed by atoms with van der Waals surface area (Å²) in [5.41, 5.74) is 2.17. The van der Waals surface area contributed by atoms with Crippen molar-refractivity contribution in [1.82, 2.24) is 0 Å². The van der Waals surface area contributed by atoms with Crippen molar-refractivity contribution in [3.8, 4) is 17.6 Å². The van der Waals surface area contributed by atoms with Gasteiger partial charge in [-0.05, 0) is 49.9 Å². The maximum atomic E-state index is 9.43. The van der Waals surface area contributed by atoms with Crippen LogP contribution >= 0.6 is 0 Å². The molecular formula is C20H23NO2. The summed E-state index contributed by atoms with van der Waals surface area (Å²) in [5.74, 6) is 1.56. The van der Waals surface area contributed by atoms with E-state index in [0.29, 0.717) is 6.61 Å². The van der Waals surface area contributed by atoms with Crippen LogP contribution in [0.5, 0.6) is 11.5 Å². The lowest BCUT2D eigenvalue weighted by Gasteiger charge is -2.13. The van der Waals surface area contributed by atoms with Crippen molar-refractivity contribution in [2.45, 2.75) is 32.1 Å². The Hall–Kier alpha value is -2.47. The lowest BCUT2D eigenvalue weighted by molar-refractivity contribution is 0.304. The number of methoxy groups -OCH3 is 1. The molecule has 2 aromatic rings. The smallest absolute Gasteiger partial charge is 0.123 e. The fraction of sp³-hybridized carbons (Fsp3) is 0.350. The molecule has 3 heteroatoms. The molecule has 2 rings (SSSR count). The molecule has 0 saturated carbocycles. The summed E-state index contributed by atoms with van der Waals surface area (Å²) in [6, 6.07) is 18.2. The largest absolute Gasteiger partial charge is 0.496 e. The van der Waals surface area contributed by atoms with E-state index in [4.69, 9.17) is 9.47 Å². The number of aryl methyl sites for hydroxylation is 1. The van der Waals surface area contributed by atoms with Crippen LogP contribution in [0, 0.1) is 18.3 Å². The van der Waals surface area contributed by atoms with Crippen molar-refractivity contribution in [1.29, 1.82) is 5.26 Å². The Bertz CT molecular complexity index is 661. The number of benzene rings is 2. The molecule has 0 spiro atoms. The third-order valence-electron chi connectivity index (χ3n) is 3.82. The van der Waals surface area contributed by atoms with E-state index in [-0.39, 0.29) is 5.92 Å². The molecule has 0 aromatic heterocycles. The molecule has 23 heavy (non-hydrogen) atoms. The molecule has 0 amide bonds. The Kier molecular flexibility index (Phi) is 6.50. The second-order valence-electron chi connectivity index (χ2n) is 5.58. The molecule has 0 radical (unpaired) electrons. The SMILES string of the molecule is COc1ccccc1C(C#N)CCCCOc1cccc(C)c1. The van der Waals surface area contributed by atoms with Gasteiger partial charge >= 0.3 is 0 Å². The molecule has 1 atom stereocenters. The minimum Gasteiger partial charge on any atom is -0.496 e. The van der Waals surface area contributed by atoms with Gasteiger partial charge in [-0.3, -0.25) is 0 Å². The Morgan fingerprint density at radius 3 is 2.65 bits per heavy atom. The Morgan fingerprint density at radius 1 is 1.09 bits per heavy atom. The van der Waals surface area contributed by atoms with E-state index in [1.165, 1.54) is 5.56 Å². The highest BCUT2D eigenvalue weighted by Crippen LogP contribution is 2.29. The van der Waals surface area contributed by atoms with Crippen molar-refractivity contribution < 1.29 is 9.47 Å². The van der Waals surface area contributed by atoms with Crippen LogP contribution in [0.1, 0.15) is 36.3 Å². The van der Waals surface area contributed by atoms with Crippen molar-refractivity contribution in [3.63, 3.8) is 0 Å². The first-order valence-electron chi connectivity index (χ1n) is 7.96. The standard InChI is InChI=1S/C20H23NO2/c1-16-8-7-10-18(14-16)23-13-6-5-9-17(15-21)19-11-3-4-12-20(19)22-2/h3-4,7-8,10-12,14,17H,5-6,9,13H2,1-2H3. The molecule has 0 aliphatic rings. The van der Waals surface area contributed by atoms with E-state index < -0.39 is 0 Å². The monoisotopic (exact) mass is 309 g/mol. The lowest BCUT2D eigenvalue weighted by Crippen LogP contribution is -2.02. The average molecular weight is 309 g/mol. The summed E-state index contributed by atoms with van der Waals surface area (Å²) in [4.78, 5) is 0. The second kappa shape index (κ2) is 8.85. The number of hydrogen-bond acceptors (Lipinski definition) is 3. The molecular weight excluding hydrogens is 286 g/mol. The first-order valence-corrected chi connectivity index (χ1v) is 7.96. The predicted octanol–water partition coefficient (Wildman–Crippen LogP) is 4.86. The van der Waals surface area contributed by atoms with E-state index in [9.17, 15) is 5.26 Å². The van der Waals surface area contributed by atoms with Gasteiger partial charge in [-0.1, -0.05) is 30.3 Å². The van der Waals surface area contributed by atoms with E-state index in [2.05, 4.69) is 19.1 Å². The summed E-state index contributed by atoms with van der Waals surface area (Å²) < 4.78 is 11.1. The third kappa shape index (κ3) is 5.03. The van der Waals surface area contributed by atoms with Crippen molar-refractivity contribution in [2.75, 3.05) is 13.7 Å². The minimum atomic E-state index is -0.134. The van der Waals surface area contributed by atoms with Gasteiger partial charge in [0.05, 0.1) is 25.7 Å². The van der Waals surface area contributed by atoms with Crippen LogP contribution in [-0.4, -0.2) is 13.7 Å². The van der Waals surface area contributed by atoms with Gasteiger partial charge in [0.1, 0.15) is 11.5 Å². The number of hydrogen-bond donors (Lipinski definition) is 0. The van der Waals surface area contributed by atoms with Gasteiger partial charge in [0.25, 0.3) is 0 Å². The van der Waals surface area contributed by atoms with Gasteiger partial charge in [0.2, 0.25) is 0 Å². The molecule has 0 aliphatic heterocycles. The van der Waals surface area contributed by atoms with E-state index >= 15 is 0 Å². The quantitative estimate of drug-likeness (QED) is 0.654. The summed E-state index contributed by atoms with van der Waals surface area (Å²) in [6.45, 7) is 2.73. The van der Waals surface area contributed by atoms with Crippen LogP contribution in [-0.2, 0) is 0 Å². The Balaban J connectivity index is 1.79. The van der Waals surface area contributed by atoms with Crippen LogP contribution in [0.15, 0.2) is 48.5 Å². The highest BCUT2D eigenvalue weighted by Gasteiger charge is 2.14. The molecule has 0 fully saturated rings. The molecule has 0 bridgehead atoms. The van der Waals surface area contributed by atoms with E-state index in [1.54, 1.807) is 7.11 Å². The number of para-hydroxylation sites is 1. The van der Waals surface area contributed by atoms with Crippen LogP contribution < -0.4 is 9.47 Å². The topological polar surface area (TPSA) is 42.2 Å². The molecule has 0 N–H and O–H groups in total. The van der Waals surface area contributed by atoms with Crippen LogP contribution in [0.4, 0.5) is 0 Å². The van der Waals surface area contributed by atoms with Gasteiger partial charge in [0.15, 0.2) is 0 Å². The van der Waals surface area contributed by atoms with Gasteiger partial charge in [0, 0.05) is 5.56 Å². The van der Waals surface area contributed by atoms with E-state index in [1.807, 2.05) is 42.5 Å². The molecule has 0 aliphatic carbocycles. The molecule has 3 nitrogen and oxygen atoms in total. The number of unbranched alkanes of at least 4 members (excludes halogenated alkanes) is 1. The lowest BCUT2D eigenvalue weighted by atomic mass is 9.94. The number of nitrogens with zero attached hydrogens (tertiary/aromatic N) is 1. The van der Waals surface area contributed by atoms with Crippen LogP contribution in [0.2, 0.25) is 0 Å². The Morgan fingerprint density at radius 2 is 1.91 bits per heavy atom. The first-order chi connectivity index (χ1) is 11.2. The second-order valence-corrected chi connectivity index (χ2v) is 5.58. The maximum absolute atomic E-state index is 9.43. The van der Waals surface area contributed by atoms with Crippen molar-refractivity contribution in [3.05, 3.63) is 59.7 Å². The number of ether oxygens (including phenoxy) is 2. The van der Waals surface area contributed by atoms with Crippen molar-refractivity contribution in [2.24, 2.45) is 0 Å². The molecule has 1 unspecified atom stereocenters. The number of rotatable bonds is 8. The van der Waals surface area contributed by atoms with E-state index in [0.717, 1.165) is 36.3 Å². The molecule has 2 aromatic carbocycles. The maximum Gasteiger partial charge on any atom is 0.123 e. The Labute approximate surface area is 138 Å². The highest BCUT2D eigenvalue weighted by atomic mass is 16.5.